The predicted molar refractivity (Wildman–Crippen MR) is 124 cm³/mol. The molecular formula is C22H40IN3O2. The molecule has 0 aromatic carbocycles. The third-order valence-corrected chi connectivity index (χ3v) is 7.59. The Morgan fingerprint density at radius 3 is 2.18 bits per heavy atom. The van der Waals surface area contributed by atoms with E-state index in [-0.39, 0.29) is 24.0 Å². The molecule has 1 saturated heterocycles. The Morgan fingerprint density at radius 1 is 1.04 bits per heavy atom. The van der Waals surface area contributed by atoms with E-state index in [1.807, 2.05) is 7.05 Å². The normalized spacial score (nSPS) is 35.1. The Hall–Kier alpha value is -0.0800. The molecule has 0 unspecified atom stereocenters. The topological polar surface area (TPSA) is 46.1 Å². The number of piperidine rings is 1. The van der Waals surface area contributed by atoms with Crippen molar-refractivity contribution < 1.29 is 9.47 Å². The first-order valence-electron chi connectivity index (χ1n) is 11.3. The first-order valence-corrected chi connectivity index (χ1v) is 11.3. The second kappa shape index (κ2) is 10.3. The maximum atomic E-state index is 6.00. The maximum Gasteiger partial charge on any atom is 0.193 e. The molecule has 5 fully saturated rings. The van der Waals surface area contributed by atoms with Crippen LogP contribution in [0, 0.1) is 23.2 Å². The van der Waals surface area contributed by atoms with E-state index in [0.29, 0.717) is 11.5 Å². The lowest BCUT2D eigenvalue weighted by molar-refractivity contribution is -0.0496. The van der Waals surface area contributed by atoms with Crippen molar-refractivity contribution in [1.82, 2.24) is 10.2 Å². The summed E-state index contributed by atoms with van der Waals surface area (Å²) < 4.78 is 11.1. The molecule has 0 aromatic heterocycles. The molecule has 5 rings (SSSR count). The van der Waals surface area contributed by atoms with Crippen LogP contribution in [0.25, 0.3) is 0 Å². The summed E-state index contributed by atoms with van der Waals surface area (Å²) in [6, 6.07) is 0. The molecule has 6 heteroatoms. The number of ether oxygens (including phenoxy) is 2. The van der Waals surface area contributed by atoms with Crippen LogP contribution < -0.4 is 5.32 Å². The number of hydrogen-bond acceptors (Lipinski definition) is 3. The van der Waals surface area contributed by atoms with Crippen molar-refractivity contribution in [3.05, 3.63) is 0 Å². The number of nitrogens with one attached hydrogen (secondary N) is 1. The van der Waals surface area contributed by atoms with E-state index in [0.717, 1.165) is 75.8 Å². The van der Waals surface area contributed by atoms with Crippen molar-refractivity contribution in [2.24, 2.45) is 28.2 Å². The number of hydrogen-bond donors (Lipinski definition) is 1. The molecule has 0 amide bonds. The van der Waals surface area contributed by atoms with Gasteiger partial charge in [-0.1, -0.05) is 0 Å². The minimum Gasteiger partial charge on any atom is -0.385 e. The summed E-state index contributed by atoms with van der Waals surface area (Å²) in [6.07, 6.45) is 12.5. The molecule has 28 heavy (non-hydrogen) atoms. The average Bonchev–Trinajstić information content (AvgIpc) is 2.66. The number of aliphatic imine (C=N–C) groups is 1. The van der Waals surface area contributed by atoms with E-state index >= 15 is 0 Å². The zero-order valence-electron chi connectivity index (χ0n) is 17.8. The van der Waals surface area contributed by atoms with Crippen molar-refractivity contribution in [3.63, 3.8) is 0 Å². The van der Waals surface area contributed by atoms with Gasteiger partial charge >= 0.3 is 0 Å². The van der Waals surface area contributed by atoms with Crippen LogP contribution in [0.2, 0.25) is 0 Å². The Bertz CT molecular complexity index is 485. The second-order valence-electron chi connectivity index (χ2n) is 9.72. The van der Waals surface area contributed by atoms with Crippen LogP contribution in [0.5, 0.6) is 0 Å². The van der Waals surface area contributed by atoms with Gasteiger partial charge in [-0.3, -0.25) is 4.99 Å². The van der Waals surface area contributed by atoms with Crippen LogP contribution >= 0.6 is 24.0 Å². The van der Waals surface area contributed by atoms with Crippen molar-refractivity contribution >= 4 is 29.9 Å². The van der Waals surface area contributed by atoms with Crippen molar-refractivity contribution in [1.29, 1.82) is 0 Å². The second-order valence-corrected chi connectivity index (χ2v) is 9.72. The molecule has 1 heterocycles. The quantitative estimate of drug-likeness (QED) is 0.247. The lowest BCUT2D eigenvalue weighted by Gasteiger charge is -2.57. The Balaban J connectivity index is 0.00000225. The van der Waals surface area contributed by atoms with Crippen LogP contribution in [-0.2, 0) is 9.47 Å². The zero-order valence-corrected chi connectivity index (χ0v) is 20.2. The highest BCUT2D eigenvalue weighted by atomic mass is 127. The molecule has 1 N–H and O–H groups in total. The fraction of sp³-hybridized carbons (Fsp3) is 0.955. The van der Waals surface area contributed by atoms with Gasteiger partial charge in [-0.2, -0.15) is 0 Å². The van der Waals surface area contributed by atoms with Crippen LogP contribution in [0.1, 0.15) is 57.8 Å². The first kappa shape index (κ1) is 22.6. The number of nitrogens with zero attached hydrogens (tertiary/aromatic N) is 2. The van der Waals surface area contributed by atoms with Crippen LogP contribution in [0.15, 0.2) is 4.99 Å². The molecule has 0 radical (unpaired) electrons. The summed E-state index contributed by atoms with van der Waals surface area (Å²) in [6.45, 7) is 4.85. The van der Waals surface area contributed by atoms with Crippen LogP contribution in [0.4, 0.5) is 0 Å². The molecule has 0 atom stereocenters. The highest BCUT2D eigenvalue weighted by Crippen LogP contribution is 2.59. The van der Waals surface area contributed by atoms with Gasteiger partial charge in [0.2, 0.25) is 0 Å². The van der Waals surface area contributed by atoms with E-state index in [1.165, 1.54) is 38.5 Å². The maximum absolute atomic E-state index is 6.00. The highest BCUT2D eigenvalue weighted by molar-refractivity contribution is 14.0. The summed E-state index contributed by atoms with van der Waals surface area (Å²) in [5, 5.41) is 3.79. The summed E-state index contributed by atoms with van der Waals surface area (Å²) in [7, 11) is 3.69. The lowest BCUT2D eigenvalue weighted by Crippen LogP contribution is -2.54. The SMILES string of the molecule is CN=C(NCC12CC3CC(CC(C3)C1)C2)N1CCC(OCCCOC)CC1.I. The summed E-state index contributed by atoms with van der Waals surface area (Å²) in [4.78, 5) is 7.05. The molecule has 0 aromatic rings. The van der Waals surface area contributed by atoms with E-state index in [9.17, 15) is 0 Å². The fourth-order valence-corrected chi connectivity index (χ4v) is 6.79. The molecule has 4 bridgehead atoms. The van der Waals surface area contributed by atoms with Crippen LogP contribution in [-0.4, -0.2) is 64.0 Å². The standard InChI is InChI=1S/C22H39N3O2.HI/c1-23-21(25-6-4-20(5-7-25)27-9-3-8-26-2)24-16-22-13-17-10-18(14-22)12-19(11-17)15-22;/h17-20H,3-16H2,1-2H3,(H,23,24);1H. The minimum absolute atomic E-state index is 0. The average molecular weight is 505 g/mol. The molecule has 4 aliphatic carbocycles. The van der Waals surface area contributed by atoms with Gasteiger partial charge in [-0.25, -0.2) is 0 Å². The first-order chi connectivity index (χ1) is 13.2. The Kier molecular flexibility index (Phi) is 8.31. The van der Waals surface area contributed by atoms with Gasteiger partial charge in [-0.15, -0.1) is 24.0 Å². The van der Waals surface area contributed by atoms with Crippen LogP contribution in [0.3, 0.4) is 0 Å². The summed E-state index contributed by atoms with van der Waals surface area (Å²) in [5.74, 6) is 4.17. The van der Waals surface area contributed by atoms with E-state index < -0.39 is 0 Å². The lowest BCUT2D eigenvalue weighted by atomic mass is 9.49. The largest absolute Gasteiger partial charge is 0.385 e. The van der Waals surface area contributed by atoms with Crippen molar-refractivity contribution in [2.45, 2.75) is 63.9 Å². The van der Waals surface area contributed by atoms with Crippen molar-refractivity contribution in [2.75, 3.05) is 47.0 Å². The van der Waals surface area contributed by atoms with Gasteiger partial charge in [-0.05, 0) is 81.0 Å². The zero-order chi connectivity index (χ0) is 18.7. The molecule has 5 aliphatic rings. The van der Waals surface area contributed by atoms with Gasteiger partial charge < -0.3 is 19.7 Å². The monoisotopic (exact) mass is 505 g/mol. The molecule has 162 valence electrons. The van der Waals surface area contributed by atoms with Gasteiger partial charge in [0.15, 0.2) is 5.96 Å². The highest BCUT2D eigenvalue weighted by Gasteiger charge is 2.50. The third-order valence-electron chi connectivity index (χ3n) is 7.59. The van der Waals surface area contributed by atoms with E-state index in [4.69, 9.17) is 9.47 Å². The number of halogens is 1. The molecular weight excluding hydrogens is 465 g/mol. The van der Waals surface area contributed by atoms with Gasteiger partial charge in [0.1, 0.15) is 0 Å². The molecule has 1 aliphatic heterocycles. The van der Waals surface area contributed by atoms with Gasteiger partial charge in [0.25, 0.3) is 0 Å². The number of likely N-dealkylation sites (tertiary alicyclic amines) is 1. The summed E-state index contributed by atoms with van der Waals surface area (Å²) in [5.41, 5.74) is 0.563. The molecule has 0 spiro atoms. The van der Waals surface area contributed by atoms with E-state index in [1.54, 1.807) is 7.11 Å². The molecule has 5 nitrogen and oxygen atoms in total. The minimum atomic E-state index is 0. The fourth-order valence-electron chi connectivity index (χ4n) is 6.79. The smallest absolute Gasteiger partial charge is 0.193 e. The Labute approximate surface area is 188 Å². The number of rotatable bonds is 7. The summed E-state index contributed by atoms with van der Waals surface area (Å²) >= 11 is 0. The van der Waals surface area contributed by atoms with E-state index in [2.05, 4.69) is 15.2 Å². The van der Waals surface area contributed by atoms with Crippen molar-refractivity contribution in [3.8, 4) is 0 Å². The predicted octanol–water partition coefficient (Wildman–Crippen LogP) is 3.91. The molecule has 4 saturated carbocycles. The number of methoxy groups -OCH3 is 1. The Morgan fingerprint density at radius 2 is 1.64 bits per heavy atom. The third kappa shape index (κ3) is 5.34. The van der Waals surface area contributed by atoms with Gasteiger partial charge in [0, 0.05) is 47.0 Å². The van der Waals surface area contributed by atoms with Gasteiger partial charge in [0.05, 0.1) is 6.10 Å². The number of guanidine groups is 1.